The highest BCUT2D eigenvalue weighted by atomic mass is 16.5. The molecule has 8 nitrogen and oxygen atoms in total. The third-order valence-corrected chi connectivity index (χ3v) is 4.68. The van der Waals surface area contributed by atoms with Gasteiger partial charge in [-0.25, -0.2) is 4.79 Å². The largest absolute Gasteiger partial charge is 0.492 e. The number of carbonyl (C=O) groups excluding carboxylic acids is 2. The van der Waals surface area contributed by atoms with Crippen LogP contribution in [-0.4, -0.2) is 40.0 Å². The highest BCUT2D eigenvalue weighted by molar-refractivity contribution is 6.62. The fourth-order valence-corrected chi connectivity index (χ4v) is 3.11. The smallest absolute Gasteiger partial charge is 0.458 e. The second-order valence-corrected chi connectivity index (χ2v) is 6.97. The van der Waals surface area contributed by atoms with Crippen LogP contribution in [0.1, 0.15) is 41.0 Å². The number of nitrogens with zero attached hydrogens (tertiary/aromatic N) is 2. The molecular weight excluding hydrogens is 361 g/mol. The Morgan fingerprint density at radius 3 is 2.82 bits per heavy atom. The molecular formula is C19H22BN3O5. The summed E-state index contributed by atoms with van der Waals surface area (Å²) in [5.74, 6) is -1.13. The molecule has 2 aromatic rings. The minimum Gasteiger partial charge on any atom is -0.458 e. The van der Waals surface area contributed by atoms with Crippen LogP contribution in [-0.2, 0) is 27.4 Å². The summed E-state index contributed by atoms with van der Waals surface area (Å²) in [6.07, 6.45) is 4.56. The lowest BCUT2D eigenvalue weighted by Crippen LogP contribution is -2.46. The lowest BCUT2D eigenvalue weighted by Gasteiger charge is -2.21. The number of rotatable bonds is 6. The summed E-state index contributed by atoms with van der Waals surface area (Å²) in [5.41, 5.74) is 3.00. The first-order valence-corrected chi connectivity index (χ1v) is 9.03. The number of aromatic nitrogens is 2. The van der Waals surface area contributed by atoms with Gasteiger partial charge in [0, 0.05) is 18.0 Å². The molecule has 9 heteroatoms. The van der Waals surface area contributed by atoms with Crippen LogP contribution in [0.3, 0.4) is 0 Å². The van der Waals surface area contributed by atoms with Crippen LogP contribution >= 0.6 is 0 Å². The molecule has 1 amide bonds. The molecule has 2 heterocycles. The number of benzene rings is 1. The maximum Gasteiger partial charge on any atom is 0.492 e. The van der Waals surface area contributed by atoms with E-state index in [1.54, 1.807) is 19.1 Å². The SMILES string of the molecule is Cc1c(C(=O)N[C@H](C(=O)OCc2cnccn2)C(C)C)ccc2c1B(O)OC2. The summed E-state index contributed by atoms with van der Waals surface area (Å²) >= 11 is 0. The molecule has 1 atom stereocenters. The van der Waals surface area contributed by atoms with Crippen LogP contribution in [0.2, 0.25) is 0 Å². The second kappa shape index (κ2) is 8.49. The number of esters is 1. The minimum atomic E-state index is -1.04. The molecule has 0 fully saturated rings. The lowest BCUT2D eigenvalue weighted by molar-refractivity contribution is -0.148. The predicted octanol–water partition coefficient (Wildman–Crippen LogP) is 0.501. The minimum absolute atomic E-state index is 0.0207. The fourth-order valence-electron chi connectivity index (χ4n) is 3.11. The van der Waals surface area contributed by atoms with Gasteiger partial charge >= 0.3 is 13.1 Å². The zero-order chi connectivity index (χ0) is 20.3. The molecule has 0 spiro atoms. The van der Waals surface area contributed by atoms with Crippen molar-refractivity contribution in [2.24, 2.45) is 5.92 Å². The van der Waals surface area contributed by atoms with E-state index < -0.39 is 25.0 Å². The highest BCUT2D eigenvalue weighted by Crippen LogP contribution is 2.17. The van der Waals surface area contributed by atoms with Crippen molar-refractivity contribution in [3.8, 4) is 0 Å². The van der Waals surface area contributed by atoms with E-state index in [2.05, 4.69) is 15.3 Å². The van der Waals surface area contributed by atoms with E-state index in [-0.39, 0.29) is 12.5 Å². The number of amides is 1. The number of carbonyl (C=O) groups is 2. The Hall–Kier alpha value is -2.78. The topological polar surface area (TPSA) is 111 Å². The average Bonchev–Trinajstić information content (AvgIpc) is 3.06. The summed E-state index contributed by atoms with van der Waals surface area (Å²) in [4.78, 5) is 33.3. The van der Waals surface area contributed by atoms with Gasteiger partial charge in [0.25, 0.3) is 5.91 Å². The summed E-state index contributed by atoms with van der Waals surface area (Å²) in [5, 5.41) is 12.7. The Morgan fingerprint density at radius 1 is 1.36 bits per heavy atom. The number of ether oxygens (including phenoxy) is 1. The van der Waals surface area contributed by atoms with E-state index in [1.165, 1.54) is 18.6 Å². The number of fused-ring (bicyclic) bond motifs is 1. The third-order valence-electron chi connectivity index (χ3n) is 4.68. The molecule has 0 radical (unpaired) electrons. The van der Waals surface area contributed by atoms with Crippen LogP contribution < -0.4 is 10.8 Å². The fraction of sp³-hybridized carbons (Fsp3) is 0.368. The zero-order valence-corrected chi connectivity index (χ0v) is 16.0. The Morgan fingerprint density at radius 2 is 2.14 bits per heavy atom. The maximum atomic E-state index is 12.8. The van der Waals surface area contributed by atoms with Gasteiger partial charge in [0.05, 0.1) is 18.5 Å². The van der Waals surface area contributed by atoms with Gasteiger partial charge in [0.1, 0.15) is 12.6 Å². The van der Waals surface area contributed by atoms with Crippen molar-refractivity contribution < 1.29 is 24.0 Å². The Balaban J connectivity index is 1.71. The molecule has 1 aromatic heterocycles. The molecule has 1 aromatic carbocycles. The Labute approximate surface area is 163 Å². The lowest BCUT2D eigenvalue weighted by atomic mass is 9.75. The quantitative estimate of drug-likeness (QED) is 0.552. The molecule has 0 unspecified atom stereocenters. The van der Waals surface area contributed by atoms with Gasteiger partial charge in [-0.2, -0.15) is 0 Å². The van der Waals surface area contributed by atoms with Crippen LogP contribution in [0.15, 0.2) is 30.7 Å². The molecule has 146 valence electrons. The standard InChI is InChI=1S/C19H22BN3O5/c1-11(2)17(19(25)27-10-14-8-21-6-7-22-14)23-18(24)15-5-4-13-9-28-20(26)16(13)12(15)3/h4-8,11,17,26H,9-10H2,1-3H3,(H,23,24)/t17-/m0/s1. The Kier molecular flexibility index (Phi) is 6.06. The van der Waals surface area contributed by atoms with Crippen molar-refractivity contribution in [1.29, 1.82) is 0 Å². The molecule has 28 heavy (non-hydrogen) atoms. The number of hydrogen-bond donors (Lipinski definition) is 2. The van der Waals surface area contributed by atoms with Gasteiger partial charge in [-0.05, 0) is 35.5 Å². The maximum absolute atomic E-state index is 12.8. The summed E-state index contributed by atoms with van der Waals surface area (Å²) < 4.78 is 10.5. The summed E-state index contributed by atoms with van der Waals surface area (Å²) in [6, 6.07) is 2.61. The molecule has 0 aliphatic carbocycles. The van der Waals surface area contributed by atoms with E-state index in [1.807, 2.05) is 13.8 Å². The van der Waals surface area contributed by atoms with E-state index in [4.69, 9.17) is 9.39 Å². The molecule has 1 aliphatic heterocycles. The van der Waals surface area contributed by atoms with Crippen LogP contribution in [0.5, 0.6) is 0 Å². The predicted molar refractivity (Wildman–Crippen MR) is 101 cm³/mol. The van der Waals surface area contributed by atoms with Crippen molar-refractivity contribution in [3.05, 3.63) is 53.1 Å². The molecule has 1 aliphatic rings. The van der Waals surface area contributed by atoms with Gasteiger partial charge < -0.3 is 19.7 Å². The summed E-state index contributed by atoms with van der Waals surface area (Å²) in [7, 11) is -1.04. The molecule has 3 rings (SSSR count). The highest BCUT2D eigenvalue weighted by Gasteiger charge is 2.32. The van der Waals surface area contributed by atoms with Crippen molar-refractivity contribution in [2.45, 2.75) is 40.0 Å². The Bertz CT molecular complexity index is 875. The van der Waals surface area contributed by atoms with E-state index in [0.717, 1.165) is 5.56 Å². The van der Waals surface area contributed by atoms with E-state index in [0.29, 0.717) is 28.9 Å². The van der Waals surface area contributed by atoms with Crippen LogP contribution in [0.25, 0.3) is 0 Å². The second-order valence-electron chi connectivity index (χ2n) is 6.97. The number of hydrogen-bond acceptors (Lipinski definition) is 7. The molecule has 0 bridgehead atoms. The van der Waals surface area contributed by atoms with E-state index >= 15 is 0 Å². The van der Waals surface area contributed by atoms with Gasteiger partial charge in [-0.1, -0.05) is 19.9 Å². The van der Waals surface area contributed by atoms with Gasteiger partial charge in [0.2, 0.25) is 0 Å². The van der Waals surface area contributed by atoms with Crippen LogP contribution in [0.4, 0.5) is 0 Å². The monoisotopic (exact) mass is 383 g/mol. The van der Waals surface area contributed by atoms with Gasteiger partial charge in [-0.15, -0.1) is 0 Å². The zero-order valence-electron chi connectivity index (χ0n) is 16.0. The van der Waals surface area contributed by atoms with Crippen molar-refractivity contribution in [1.82, 2.24) is 15.3 Å². The molecule has 2 N–H and O–H groups in total. The van der Waals surface area contributed by atoms with E-state index in [9.17, 15) is 14.6 Å². The summed E-state index contributed by atoms with van der Waals surface area (Å²) in [6.45, 7) is 5.68. The van der Waals surface area contributed by atoms with Crippen LogP contribution in [0, 0.1) is 12.8 Å². The molecule has 0 saturated heterocycles. The first-order valence-electron chi connectivity index (χ1n) is 9.03. The molecule has 0 saturated carbocycles. The normalized spacial score (nSPS) is 14.0. The van der Waals surface area contributed by atoms with Crippen molar-refractivity contribution >= 4 is 24.5 Å². The van der Waals surface area contributed by atoms with Crippen molar-refractivity contribution in [2.75, 3.05) is 0 Å². The average molecular weight is 383 g/mol. The number of nitrogens with one attached hydrogen (secondary N) is 1. The van der Waals surface area contributed by atoms with Gasteiger partial charge in [-0.3, -0.25) is 14.8 Å². The van der Waals surface area contributed by atoms with Gasteiger partial charge in [0.15, 0.2) is 0 Å². The van der Waals surface area contributed by atoms with Crippen molar-refractivity contribution in [3.63, 3.8) is 0 Å². The first kappa shape index (κ1) is 20.0. The first-order chi connectivity index (χ1) is 13.4. The third kappa shape index (κ3) is 4.21.